The van der Waals surface area contributed by atoms with Gasteiger partial charge in [-0.15, -0.1) is 0 Å². The summed E-state index contributed by atoms with van der Waals surface area (Å²) in [5.41, 5.74) is -0.893. The van der Waals surface area contributed by atoms with Gasteiger partial charge < -0.3 is 5.32 Å². The maximum absolute atomic E-state index is 13.1. The molecular formula is C10H12FN3O5S. The number of halogens is 1. The molecule has 110 valence electrons. The van der Waals surface area contributed by atoms with E-state index in [1.54, 1.807) is 0 Å². The van der Waals surface area contributed by atoms with E-state index in [2.05, 4.69) is 5.32 Å². The first-order valence-electron chi connectivity index (χ1n) is 5.43. The van der Waals surface area contributed by atoms with Crippen molar-refractivity contribution >= 4 is 21.6 Å². The highest BCUT2D eigenvalue weighted by atomic mass is 32.2. The normalized spacial score (nSPS) is 11.1. The van der Waals surface area contributed by atoms with E-state index in [-0.39, 0.29) is 24.3 Å². The van der Waals surface area contributed by atoms with Crippen molar-refractivity contribution in [2.75, 3.05) is 12.3 Å². The zero-order valence-corrected chi connectivity index (χ0v) is 11.0. The summed E-state index contributed by atoms with van der Waals surface area (Å²) in [5.74, 6) is -2.00. The number of sulfonamides is 1. The Hall–Kier alpha value is -2.07. The van der Waals surface area contributed by atoms with Crippen molar-refractivity contribution in [2.24, 2.45) is 5.14 Å². The minimum absolute atomic E-state index is 0.0282. The lowest BCUT2D eigenvalue weighted by Gasteiger charge is -2.05. The van der Waals surface area contributed by atoms with Gasteiger partial charge in [0, 0.05) is 18.2 Å². The molecule has 1 aromatic carbocycles. The van der Waals surface area contributed by atoms with E-state index in [0.29, 0.717) is 0 Å². The summed E-state index contributed by atoms with van der Waals surface area (Å²) in [6.07, 6.45) is 0.105. The van der Waals surface area contributed by atoms with Gasteiger partial charge in [0.05, 0.1) is 10.7 Å². The van der Waals surface area contributed by atoms with Crippen LogP contribution in [0, 0.1) is 15.9 Å². The molecule has 0 atom stereocenters. The summed E-state index contributed by atoms with van der Waals surface area (Å²) in [7, 11) is -3.60. The zero-order valence-electron chi connectivity index (χ0n) is 10.2. The van der Waals surface area contributed by atoms with Crippen LogP contribution in [0.25, 0.3) is 0 Å². The molecule has 0 saturated carbocycles. The second-order valence-corrected chi connectivity index (χ2v) is 5.63. The van der Waals surface area contributed by atoms with E-state index in [4.69, 9.17) is 5.14 Å². The Kier molecular flexibility index (Phi) is 5.11. The number of nitrogens with zero attached hydrogens (tertiary/aromatic N) is 1. The molecule has 0 spiro atoms. The Morgan fingerprint density at radius 3 is 2.65 bits per heavy atom. The molecule has 0 fully saturated rings. The number of amides is 1. The Morgan fingerprint density at radius 2 is 2.10 bits per heavy atom. The van der Waals surface area contributed by atoms with Gasteiger partial charge >= 0.3 is 5.69 Å². The summed E-state index contributed by atoms with van der Waals surface area (Å²) in [4.78, 5) is 21.2. The van der Waals surface area contributed by atoms with Gasteiger partial charge in [-0.05, 0) is 18.6 Å². The number of primary sulfonamides is 1. The van der Waals surface area contributed by atoms with Crippen molar-refractivity contribution < 1.29 is 22.5 Å². The third-order valence-electron chi connectivity index (χ3n) is 2.30. The Bertz CT molecular complexity index is 632. The molecular weight excluding hydrogens is 293 g/mol. The van der Waals surface area contributed by atoms with Crippen LogP contribution in [0.2, 0.25) is 0 Å². The van der Waals surface area contributed by atoms with E-state index < -0.39 is 32.4 Å². The molecule has 0 saturated heterocycles. The van der Waals surface area contributed by atoms with Crippen LogP contribution >= 0.6 is 0 Å². The largest absolute Gasteiger partial charge is 0.352 e. The molecule has 0 aromatic heterocycles. The number of nitro benzene ring substituents is 1. The number of carbonyl (C=O) groups is 1. The van der Waals surface area contributed by atoms with Crippen LogP contribution < -0.4 is 10.5 Å². The topological polar surface area (TPSA) is 132 Å². The SMILES string of the molecule is NS(=O)(=O)CCCNC(=O)c1ccc(F)c([N+](=O)[O-])c1. The fourth-order valence-electron chi connectivity index (χ4n) is 1.37. The number of carbonyl (C=O) groups excluding carboxylic acids is 1. The van der Waals surface area contributed by atoms with Crippen LogP contribution in [0.5, 0.6) is 0 Å². The molecule has 0 bridgehead atoms. The molecule has 1 amide bonds. The minimum Gasteiger partial charge on any atom is -0.352 e. The number of hydrogen-bond donors (Lipinski definition) is 2. The van der Waals surface area contributed by atoms with E-state index in [1.807, 2.05) is 0 Å². The van der Waals surface area contributed by atoms with Crippen LogP contribution in [0.1, 0.15) is 16.8 Å². The highest BCUT2D eigenvalue weighted by molar-refractivity contribution is 7.89. The second-order valence-electron chi connectivity index (χ2n) is 3.90. The quantitative estimate of drug-likeness (QED) is 0.438. The van der Waals surface area contributed by atoms with Gasteiger partial charge in [0.2, 0.25) is 15.8 Å². The molecule has 10 heteroatoms. The van der Waals surface area contributed by atoms with Gasteiger partial charge in [0.1, 0.15) is 0 Å². The molecule has 0 radical (unpaired) electrons. The highest BCUT2D eigenvalue weighted by Gasteiger charge is 2.17. The Balaban J connectivity index is 2.64. The standard InChI is InChI=1S/C10H12FN3O5S/c11-8-3-2-7(6-9(8)14(16)17)10(15)13-4-1-5-20(12,18)19/h2-3,6H,1,4-5H2,(H,13,15)(H2,12,18,19). The third kappa shape index (κ3) is 4.90. The molecule has 1 rings (SSSR count). The summed E-state index contributed by atoms with van der Waals surface area (Å²) in [5, 5.41) is 17.6. The molecule has 0 aliphatic rings. The lowest BCUT2D eigenvalue weighted by atomic mass is 10.2. The fourth-order valence-corrected chi connectivity index (χ4v) is 1.92. The van der Waals surface area contributed by atoms with E-state index in [0.717, 1.165) is 18.2 Å². The van der Waals surface area contributed by atoms with Crippen molar-refractivity contribution in [3.63, 3.8) is 0 Å². The van der Waals surface area contributed by atoms with Gasteiger partial charge in [0.15, 0.2) is 0 Å². The van der Waals surface area contributed by atoms with Gasteiger partial charge in [-0.2, -0.15) is 4.39 Å². The third-order valence-corrected chi connectivity index (χ3v) is 3.15. The van der Waals surface area contributed by atoms with Crippen LogP contribution in [0.4, 0.5) is 10.1 Å². The smallest absolute Gasteiger partial charge is 0.305 e. The average Bonchev–Trinajstić information content (AvgIpc) is 2.33. The summed E-state index contributed by atoms with van der Waals surface area (Å²) < 4.78 is 34.4. The zero-order chi connectivity index (χ0) is 15.3. The summed E-state index contributed by atoms with van der Waals surface area (Å²) in [6, 6.07) is 2.72. The molecule has 8 nitrogen and oxygen atoms in total. The van der Waals surface area contributed by atoms with Crippen LogP contribution in [-0.4, -0.2) is 31.5 Å². The van der Waals surface area contributed by atoms with Crippen LogP contribution in [-0.2, 0) is 10.0 Å². The second kappa shape index (κ2) is 6.39. The lowest BCUT2D eigenvalue weighted by molar-refractivity contribution is -0.387. The predicted octanol–water partition coefficient (Wildman–Crippen LogP) is 0.142. The number of nitrogens with one attached hydrogen (secondary N) is 1. The molecule has 0 unspecified atom stereocenters. The maximum Gasteiger partial charge on any atom is 0.305 e. The van der Waals surface area contributed by atoms with Crippen LogP contribution in [0.3, 0.4) is 0 Å². The van der Waals surface area contributed by atoms with Crippen molar-refractivity contribution in [1.29, 1.82) is 0 Å². The number of rotatable bonds is 6. The number of hydrogen-bond acceptors (Lipinski definition) is 5. The van der Waals surface area contributed by atoms with E-state index >= 15 is 0 Å². The van der Waals surface area contributed by atoms with Gasteiger partial charge in [-0.3, -0.25) is 14.9 Å². The predicted molar refractivity (Wildman–Crippen MR) is 68.0 cm³/mol. The van der Waals surface area contributed by atoms with Gasteiger partial charge in [-0.1, -0.05) is 0 Å². The van der Waals surface area contributed by atoms with Crippen molar-refractivity contribution in [2.45, 2.75) is 6.42 Å². The molecule has 3 N–H and O–H groups in total. The fraction of sp³-hybridized carbons (Fsp3) is 0.300. The van der Waals surface area contributed by atoms with Crippen molar-refractivity contribution in [3.05, 3.63) is 39.7 Å². The summed E-state index contributed by atoms with van der Waals surface area (Å²) in [6.45, 7) is 0.0282. The number of nitrogens with two attached hydrogens (primary N) is 1. The summed E-state index contributed by atoms with van der Waals surface area (Å²) >= 11 is 0. The van der Waals surface area contributed by atoms with E-state index in [9.17, 15) is 27.7 Å². The Labute approximate surface area is 114 Å². The monoisotopic (exact) mass is 305 g/mol. The first-order valence-corrected chi connectivity index (χ1v) is 7.15. The number of benzene rings is 1. The van der Waals surface area contributed by atoms with E-state index in [1.165, 1.54) is 0 Å². The molecule has 1 aromatic rings. The Morgan fingerprint density at radius 1 is 1.45 bits per heavy atom. The van der Waals surface area contributed by atoms with Gasteiger partial charge in [0.25, 0.3) is 5.91 Å². The molecule has 0 aliphatic heterocycles. The highest BCUT2D eigenvalue weighted by Crippen LogP contribution is 2.18. The molecule has 20 heavy (non-hydrogen) atoms. The van der Waals surface area contributed by atoms with Gasteiger partial charge in [-0.25, -0.2) is 13.6 Å². The molecule has 0 heterocycles. The van der Waals surface area contributed by atoms with Crippen molar-refractivity contribution in [1.82, 2.24) is 5.32 Å². The van der Waals surface area contributed by atoms with Crippen LogP contribution in [0.15, 0.2) is 18.2 Å². The maximum atomic E-state index is 13.1. The lowest BCUT2D eigenvalue weighted by Crippen LogP contribution is -2.27. The number of nitro groups is 1. The molecule has 0 aliphatic carbocycles. The first-order chi connectivity index (χ1) is 9.20. The minimum atomic E-state index is -3.60. The average molecular weight is 305 g/mol. The van der Waals surface area contributed by atoms with Crippen molar-refractivity contribution in [3.8, 4) is 0 Å². The first kappa shape index (κ1) is 16.0.